The number of nitrogens with one attached hydrogen (secondary N) is 1. The number of rotatable bonds is 4. The summed E-state index contributed by atoms with van der Waals surface area (Å²) in [4.78, 5) is 13.4. The first kappa shape index (κ1) is 17.7. The minimum atomic E-state index is -0.929. The molecule has 0 spiro atoms. The van der Waals surface area contributed by atoms with Gasteiger partial charge < -0.3 is 20.3 Å². The minimum absolute atomic E-state index is 0.273. The fourth-order valence-electron chi connectivity index (χ4n) is 2.67. The van der Waals surface area contributed by atoms with Gasteiger partial charge in [-0.3, -0.25) is 4.90 Å². The Kier molecular flexibility index (Phi) is 5.62. The van der Waals surface area contributed by atoms with Gasteiger partial charge in [-0.25, -0.2) is 4.79 Å². The molecule has 23 heavy (non-hydrogen) atoms. The van der Waals surface area contributed by atoms with E-state index in [1.54, 1.807) is 25.7 Å². The Morgan fingerprint density at radius 1 is 1.30 bits per heavy atom. The number of alkyl carbamates (subject to hydrolysis) is 1. The standard InChI is InChI=1S/C17H26N2O4/c1-17(2,3)23-16(22)18-13-11-14(20)19(15(13)21)10-9-12-7-5-4-6-8-12/h4-8,13-15,20-21H,9-11H2,1-3H3,(H,18,22). The average Bonchev–Trinajstić information content (AvgIpc) is 2.70. The van der Waals surface area contributed by atoms with Crippen LogP contribution in [0.15, 0.2) is 30.3 Å². The quantitative estimate of drug-likeness (QED) is 0.782. The van der Waals surface area contributed by atoms with Gasteiger partial charge in [-0.05, 0) is 32.8 Å². The SMILES string of the molecule is CC(C)(C)OC(=O)NC1CC(O)N(CCc2ccccc2)C1O. The van der Waals surface area contributed by atoms with Crippen LogP contribution in [0.4, 0.5) is 4.79 Å². The summed E-state index contributed by atoms with van der Waals surface area (Å²) >= 11 is 0. The lowest BCUT2D eigenvalue weighted by Gasteiger charge is -2.26. The van der Waals surface area contributed by atoms with Crippen molar-refractivity contribution in [2.24, 2.45) is 0 Å². The summed E-state index contributed by atoms with van der Waals surface area (Å²) in [6.07, 6.45) is -1.31. The van der Waals surface area contributed by atoms with Crippen LogP contribution in [0.1, 0.15) is 32.8 Å². The molecule has 0 aliphatic carbocycles. The van der Waals surface area contributed by atoms with Crippen LogP contribution in [-0.2, 0) is 11.2 Å². The molecular formula is C17H26N2O4. The predicted molar refractivity (Wildman–Crippen MR) is 86.6 cm³/mol. The van der Waals surface area contributed by atoms with Crippen molar-refractivity contribution in [3.63, 3.8) is 0 Å². The van der Waals surface area contributed by atoms with Crippen LogP contribution in [0.2, 0.25) is 0 Å². The molecule has 1 amide bonds. The van der Waals surface area contributed by atoms with Crippen molar-refractivity contribution in [2.45, 2.75) is 57.7 Å². The molecule has 0 bridgehead atoms. The Labute approximate surface area is 137 Å². The number of amides is 1. The van der Waals surface area contributed by atoms with Gasteiger partial charge in [-0.15, -0.1) is 0 Å². The lowest BCUT2D eigenvalue weighted by Crippen LogP contribution is -2.47. The van der Waals surface area contributed by atoms with E-state index in [0.29, 0.717) is 13.0 Å². The monoisotopic (exact) mass is 322 g/mol. The van der Waals surface area contributed by atoms with Crippen molar-refractivity contribution in [3.8, 4) is 0 Å². The first-order valence-electron chi connectivity index (χ1n) is 7.91. The van der Waals surface area contributed by atoms with E-state index in [-0.39, 0.29) is 6.42 Å². The Balaban J connectivity index is 1.88. The van der Waals surface area contributed by atoms with Gasteiger partial charge in [0.1, 0.15) is 18.1 Å². The number of aliphatic hydroxyl groups is 2. The van der Waals surface area contributed by atoms with Gasteiger partial charge in [0.2, 0.25) is 0 Å². The molecule has 128 valence electrons. The number of likely N-dealkylation sites (tertiary alicyclic amines) is 1. The first-order chi connectivity index (χ1) is 10.8. The molecule has 1 saturated heterocycles. The van der Waals surface area contributed by atoms with Crippen LogP contribution in [0.5, 0.6) is 0 Å². The van der Waals surface area contributed by atoms with Crippen LogP contribution >= 0.6 is 0 Å². The molecule has 3 unspecified atom stereocenters. The summed E-state index contributed by atoms with van der Waals surface area (Å²) in [6, 6.07) is 9.33. The highest BCUT2D eigenvalue weighted by atomic mass is 16.6. The van der Waals surface area contributed by atoms with E-state index in [1.165, 1.54) is 0 Å². The van der Waals surface area contributed by atoms with E-state index in [4.69, 9.17) is 4.74 Å². The highest BCUT2D eigenvalue weighted by Gasteiger charge is 2.40. The fourth-order valence-corrected chi connectivity index (χ4v) is 2.67. The average molecular weight is 322 g/mol. The number of ether oxygens (including phenoxy) is 1. The van der Waals surface area contributed by atoms with Crippen LogP contribution in [-0.4, -0.2) is 51.8 Å². The number of hydrogen-bond donors (Lipinski definition) is 3. The molecule has 2 rings (SSSR count). The van der Waals surface area contributed by atoms with Gasteiger partial charge >= 0.3 is 6.09 Å². The van der Waals surface area contributed by atoms with Gasteiger partial charge in [0.25, 0.3) is 0 Å². The molecule has 0 radical (unpaired) electrons. The van der Waals surface area contributed by atoms with E-state index < -0.39 is 30.2 Å². The third-order valence-electron chi connectivity index (χ3n) is 3.75. The van der Waals surface area contributed by atoms with Crippen molar-refractivity contribution < 1.29 is 19.7 Å². The predicted octanol–water partition coefficient (Wildman–Crippen LogP) is 1.46. The Morgan fingerprint density at radius 3 is 2.57 bits per heavy atom. The van der Waals surface area contributed by atoms with E-state index >= 15 is 0 Å². The summed E-state index contributed by atoms with van der Waals surface area (Å²) < 4.78 is 5.19. The second-order valence-electron chi connectivity index (χ2n) is 6.86. The normalized spacial score (nSPS) is 25.3. The maximum Gasteiger partial charge on any atom is 0.408 e. The maximum absolute atomic E-state index is 11.8. The Morgan fingerprint density at radius 2 is 1.96 bits per heavy atom. The zero-order valence-corrected chi connectivity index (χ0v) is 13.9. The second-order valence-corrected chi connectivity index (χ2v) is 6.86. The molecule has 3 N–H and O–H groups in total. The highest BCUT2D eigenvalue weighted by Crippen LogP contribution is 2.22. The Bertz CT molecular complexity index is 515. The van der Waals surface area contributed by atoms with E-state index in [0.717, 1.165) is 5.56 Å². The molecule has 1 aliphatic rings. The molecule has 1 aromatic carbocycles. The summed E-state index contributed by atoms with van der Waals surface area (Å²) in [5.74, 6) is 0. The zero-order chi connectivity index (χ0) is 17.0. The Hall–Kier alpha value is -1.63. The van der Waals surface area contributed by atoms with E-state index in [1.807, 2.05) is 30.3 Å². The van der Waals surface area contributed by atoms with Crippen LogP contribution in [0.25, 0.3) is 0 Å². The van der Waals surface area contributed by atoms with Gasteiger partial charge in [0, 0.05) is 13.0 Å². The molecule has 1 heterocycles. The summed E-state index contributed by atoms with van der Waals surface area (Å²) in [5, 5.41) is 23.1. The van der Waals surface area contributed by atoms with Crippen molar-refractivity contribution in [3.05, 3.63) is 35.9 Å². The van der Waals surface area contributed by atoms with Crippen molar-refractivity contribution >= 4 is 6.09 Å². The van der Waals surface area contributed by atoms with Crippen molar-refractivity contribution in [1.82, 2.24) is 10.2 Å². The van der Waals surface area contributed by atoms with Crippen LogP contribution < -0.4 is 5.32 Å². The lowest BCUT2D eigenvalue weighted by atomic mass is 10.1. The second kappa shape index (κ2) is 7.29. The lowest BCUT2D eigenvalue weighted by molar-refractivity contribution is -0.0571. The molecule has 6 nitrogen and oxygen atoms in total. The molecule has 1 aromatic rings. The summed E-state index contributed by atoms with van der Waals surface area (Å²) in [5.41, 5.74) is 0.537. The number of carbonyl (C=O) groups excluding carboxylic acids is 1. The van der Waals surface area contributed by atoms with Crippen LogP contribution in [0, 0.1) is 0 Å². The zero-order valence-electron chi connectivity index (χ0n) is 13.9. The first-order valence-corrected chi connectivity index (χ1v) is 7.91. The number of aliphatic hydroxyl groups excluding tert-OH is 2. The smallest absolute Gasteiger partial charge is 0.408 e. The molecule has 6 heteroatoms. The molecular weight excluding hydrogens is 296 g/mol. The largest absolute Gasteiger partial charge is 0.444 e. The molecule has 1 fully saturated rings. The molecule has 1 aliphatic heterocycles. The highest BCUT2D eigenvalue weighted by molar-refractivity contribution is 5.68. The van der Waals surface area contributed by atoms with Gasteiger partial charge in [0.05, 0.1) is 6.04 Å². The van der Waals surface area contributed by atoms with Crippen molar-refractivity contribution in [1.29, 1.82) is 0 Å². The third kappa shape index (κ3) is 5.20. The maximum atomic E-state index is 11.8. The van der Waals surface area contributed by atoms with Crippen molar-refractivity contribution in [2.75, 3.05) is 6.54 Å². The summed E-state index contributed by atoms with van der Waals surface area (Å²) in [6.45, 7) is 5.84. The molecule has 0 aromatic heterocycles. The number of hydrogen-bond acceptors (Lipinski definition) is 5. The topological polar surface area (TPSA) is 82.0 Å². The third-order valence-corrected chi connectivity index (χ3v) is 3.75. The van der Waals surface area contributed by atoms with E-state index in [9.17, 15) is 15.0 Å². The minimum Gasteiger partial charge on any atom is -0.444 e. The number of benzene rings is 1. The summed E-state index contributed by atoms with van der Waals surface area (Å²) in [7, 11) is 0. The number of carbonyl (C=O) groups is 1. The van der Waals surface area contributed by atoms with Gasteiger partial charge in [-0.2, -0.15) is 0 Å². The van der Waals surface area contributed by atoms with Crippen LogP contribution in [0.3, 0.4) is 0 Å². The fraction of sp³-hybridized carbons (Fsp3) is 0.588. The number of nitrogens with zero attached hydrogens (tertiary/aromatic N) is 1. The molecule has 0 saturated carbocycles. The van der Waals surface area contributed by atoms with E-state index in [2.05, 4.69) is 5.32 Å². The van der Waals surface area contributed by atoms with Gasteiger partial charge in [-0.1, -0.05) is 30.3 Å². The molecule has 3 atom stereocenters. The van der Waals surface area contributed by atoms with Gasteiger partial charge in [0.15, 0.2) is 0 Å².